The SMILES string of the molecule is CCC1Cc2c(-c3ccccc3)cc3onc(NS(=O)c4c(OC)cccc4OC)c3c2O1. The molecule has 1 aliphatic rings. The number of hydrogen-bond donors (Lipinski definition) is 1. The van der Waals surface area contributed by atoms with Gasteiger partial charge in [0.25, 0.3) is 0 Å². The lowest BCUT2D eigenvalue weighted by atomic mass is 9.95. The number of ether oxygens (including phenoxy) is 3. The van der Waals surface area contributed by atoms with E-state index in [1.807, 2.05) is 24.3 Å². The Labute approximate surface area is 194 Å². The molecule has 0 fully saturated rings. The standard InChI is InChI=1S/C25H24N2O5S/c1-4-16-13-18-17(15-9-6-5-7-10-15)14-21-22(23(18)31-16)25(26-32-21)27-33(28)24-19(29-2)11-8-12-20(24)30-3/h5-12,14,16H,4,13H2,1-3H3,(H,26,27). The van der Waals surface area contributed by atoms with Crippen molar-refractivity contribution in [3.05, 3.63) is 60.2 Å². The monoisotopic (exact) mass is 464 g/mol. The number of methoxy groups -OCH3 is 2. The lowest BCUT2D eigenvalue weighted by Gasteiger charge is -2.13. The highest BCUT2D eigenvalue weighted by Crippen LogP contribution is 2.46. The van der Waals surface area contributed by atoms with Crippen molar-refractivity contribution in [2.45, 2.75) is 30.8 Å². The Morgan fingerprint density at radius 1 is 1.09 bits per heavy atom. The van der Waals surface area contributed by atoms with Gasteiger partial charge in [-0.15, -0.1) is 0 Å². The van der Waals surface area contributed by atoms with Crippen LogP contribution in [-0.4, -0.2) is 29.7 Å². The molecule has 0 aliphatic carbocycles. The number of anilines is 1. The minimum absolute atomic E-state index is 0.0654. The van der Waals surface area contributed by atoms with Gasteiger partial charge in [-0.05, 0) is 35.7 Å². The van der Waals surface area contributed by atoms with Crippen LogP contribution in [0.1, 0.15) is 18.9 Å². The molecule has 1 aliphatic heterocycles. The quantitative estimate of drug-likeness (QED) is 0.396. The van der Waals surface area contributed by atoms with E-state index in [4.69, 9.17) is 18.7 Å². The number of rotatable bonds is 7. The van der Waals surface area contributed by atoms with Gasteiger partial charge in [-0.25, -0.2) is 4.21 Å². The predicted molar refractivity (Wildman–Crippen MR) is 127 cm³/mol. The van der Waals surface area contributed by atoms with Crippen LogP contribution in [0.2, 0.25) is 0 Å². The van der Waals surface area contributed by atoms with Gasteiger partial charge in [-0.2, -0.15) is 0 Å². The molecule has 170 valence electrons. The first-order valence-corrected chi connectivity index (χ1v) is 11.9. The Bertz CT molecular complexity index is 1310. The zero-order chi connectivity index (χ0) is 22.9. The van der Waals surface area contributed by atoms with Gasteiger partial charge < -0.3 is 18.7 Å². The molecule has 1 N–H and O–H groups in total. The van der Waals surface area contributed by atoms with Crippen molar-refractivity contribution in [2.75, 3.05) is 18.9 Å². The van der Waals surface area contributed by atoms with Gasteiger partial charge in [0.2, 0.25) is 0 Å². The van der Waals surface area contributed by atoms with Crippen molar-refractivity contribution in [3.8, 4) is 28.4 Å². The fourth-order valence-corrected chi connectivity index (χ4v) is 5.28. The number of hydrogen-bond acceptors (Lipinski definition) is 6. The molecule has 4 aromatic rings. The summed E-state index contributed by atoms with van der Waals surface area (Å²) in [5.74, 6) is 1.98. The molecule has 3 aromatic carbocycles. The third-order valence-electron chi connectivity index (χ3n) is 5.83. The second-order valence-corrected chi connectivity index (χ2v) is 8.87. The molecule has 5 rings (SSSR count). The van der Waals surface area contributed by atoms with Gasteiger partial charge >= 0.3 is 0 Å². The molecule has 1 aromatic heterocycles. The Balaban J connectivity index is 1.61. The maximum absolute atomic E-state index is 13.3. The largest absolute Gasteiger partial charge is 0.495 e. The number of nitrogens with one attached hydrogen (secondary N) is 1. The molecule has 8 heteroatoms. The van der Waals surface area contributed by atoms with Crippen LogP contribution in [-0.2, 0) is 17.4 Å². The van der Waals surface area contributed by atoms with E-state index in [9.17, 15) is 4.21 Å². The van der Waals surface area contributed by atoms with E-state index in [1.165, 1.54) is 14.2 Å². The summed E-state index contributed by atoms with van der Waals surface area (Å²) in [4.78, 5) is 0.392. The van der Waals surface area contributed by atoms with E-state index >= 15 is 0 Å². The van der Waals surface area contributed by atoms with Crippen molar-refractivity contribution in [1.82, 2.24) is 5.16 Å². The van der Waals surface area contributed by atoms with Gasteiger partial charge in [-0.3, -0.25) is 4.72 Å². The normalized spacial score (nSPS) is 15.7. The van der Waals surface area contributed by atoms with Gasteiger partial charge in [0.05, 0.1) is 14.2 Å². The van der Waals surface area contributed by atoms with E-state index < -0.39 is 11.0 Å². The molecule has 2 unspecified atom stereocenters. The first-order valence-electron chi connectivity index (χ1n) is 10.7. The third-order valence-corrected chi connectivity index (χ3v) is 6.99. The number of benzene rings is 3. The van der Waals surface area contributed by atoms with Crippen molar-refractivity contribution in [2.24, 2.45) is 0 Å². The molecular weight excluding hydrogens is 440 g/mol. The lowest BCUT2D eigenvalue weighted by molar-refractivity contribution is 0.230. The van der Waals surface area contributed by atoms with E-state index in [-0.39, 0.29) is 6.10 Å². The Morgan fingerprint density at radius 2 is 1.82 bits per heavy atom. The van der Waals surface area contributed by atoms with E-state index in [0.717, 1.165) is 35.3 Å². The summed E-state index contributed by atoms with van der Waals surface area (Å²) in [6.45, 7) is 2.10. The van der Waals surface area contributed by atoms with E-state index in [0.29, 0.717) is 33.2 Å². The summed E-state index contributed by atoms with van der Waals surface area (Å²) in [5, 5.41) is 4.88. The van der Waals surface area contributed by atoms with Gasteiger partial charge in [0.1, 0.15) is 33.6 Å². The summed E-state index contributed by atoms with van der Waals surface area (Å²) in [6.07, 6.45) is 1.73. The summed E-state index contributed by atoms with van der Waals surface area (Å²) < 4.78 is 39.1. The van der Waals surface area contributed by atoms with Gasteiger partial charge in [-0.1, -0.05) is 48.5 Å². The fourth-order valence-electron chi connectivity index (χ4n) is 4.19. The Morgan fingerprint density at radius 3 is 2.48 bits per heavy atom. The lowest BCUT2D eigenvalue weighted by Crippen LogP contribution is -2.10. The van der Waals surface area contributed by atoms with Gasteiger partial charge in [0, 0.05) is 12.0 Å². The average molecular weight is 465 g/mol. The summed E-state index contributed by atoms with van der Waals surface area (Å²) >= 11 is 0. The first-order chi connectivity index (χ1) is 16.1. The molecule has 2 atom stereocenters. The molecule has 0 bridgehead atoms. The molecule has 33 heavy (non-hydrogen) atoms. The number of fused-ring (bicyclic) bond motifs is 3. The van der Waals surface area contributed by atoms with E-state index in [1.54, 1.807) is 18.2 Å². The molecule has 7 nitrogen and oxygen atoms in total. The molecule has 0 saturated heterocycles. The third kappa shape index (κ3) is 3.70. The zero-order valence-electron chi connectivity index (χ0n) is 18.6. The van der Waals surface area contributed by atoms with Crippen LogP contribution in [0.25, 0.3) is 22.1 Å². The van der Waals surface area contributed by atoms with Crippen LogP contribution in [0.15, 0.2) is 64.0 Å². The smallest absolute Gasteiger partial charge is 0.193 e. The molecular formula is C25H24N2O5S. The maximum Gasteiger partial charge on any atom is 0.193 e. The van der Waals surface area contributed by atoms with Crippen molar-refractivity contribution >= 4 is 27.8 Å². The summed E-state index contributed by atoms with van der Waals surface area (Å²) in [6, 6.07) is 17.4. The molecule has 0 amide bonds. The van der Waals surface area contributed by atoms with Crippen molar-refractivity contribution in [1.29, 1.82) is 0 Å². The molecule has 0 saturated carbocycles. The fraction of sp³-hybridized carbons (Fsp3) is 0.240. The molecule has 0 radical (unpaired) electrons. The summed E-state index contributed by atoms with van der Waals surface area (Å²) in [7, 11) is 1.33. The first kappa shape index (κ1) is 21.3. The highest BCUT2D eigenvalue weighted by Gasteiger charge is 2.31. The second kappa shape index (κ2) is 8.78. The minimum atomic E-state index is -1.72. The van der Waals surface area contributed by atoms with Crippen molar-refractivity contribution in [3.63, 3.8) is 0 Å². The van der Waals surface area contributed by atoms with Crippen LogP contribution in [0.3, 0.4) is 0 Å². The zero-order valence-corrected chi connectivity index (χ0v) is 19.4. The van der Waals surface area contributed by atoms with E-state index in [2.05, 4.69) is 28.9 Å². The summed E-state index contributed by atoms with van der Waals surface area (Å²) in [5.41, 5.74) is 3.82. The van der Waals surface area contributed by atoms with Crippen LogP contribution in [0.4, 0.5) is 5.82 Å². The van der Waals surface area contributed by atoms with Crippen molar-refractivity contribution < 1.29 is 22.9 Å². The Kier molecular flexibility index (Phi) is 5.68. The topological polar surface area (TPSA) is 82.8 Å². The average Bonchev–Trinajstić information content (AvgIpc) is 3.47. The molecule has 0 spiro atoms. The minimum Gasteiger partial charge on any atom is -0.495 e. The predicted octanol–water partition coefficient (Wildman–Crippen LogP) is 5.36. The van der Waals surface area contributed by atoms with Crippen LogP contribution in [0, 0.1) is 0 Å². The Hall–Kier alpha value is -3.52. The van der Waals surface area contributed by atoms with Crippen LogP contribution in [0.5, 0.6) is 17.2 Å². The molecule has 2 heterocycles. The number of aromatic nitrogens is 1. The van der Waals surface area contributed by atoms with Crippen LogP contribution < -0.4 is 18.9 Å². The van der Waals surface area contributed by atoms with Gasteiger partial charge in [0.15, 0.2) is 22.4 Å². The number of nitrogens with zero attached hydrogens (tertiary/aromatic N) is 1. The highest BCUT2D eigenvalue weighted by molar-refractivity contribution is 7.86. The second-order valence-electron chi connectivity index (χ2n) is 7.72. The highest BCUT2D eigenvalue weighted by atomic mass is 32.2. The maximum atomic E-state index is 13.3. The van der Waals surface area contributed by atoms with Crippen LogP contribution >= 0.6 is 0 Å².